The van der Waals surface area contributed by atoms with E-state index in [1.807, 2.05) is 6.92 Å². The van der Waals surface area contributed by atoms with Crippen LogP contribution in [0, 0.1) is 0 Å². The molecule has 0 aromatic heterocycles. The summed E-state index contributed by atoms with van der Waals surface area (Å²) < 4.78 is 26.9. The minimum Gasteiger partial charge on any atom is -0.389 e. The Morgan fingerprint density at radius 2 is 2.17 bits per heavy atom. The van der Waals surface area contributed by atoms with Gasteiger partial charge in [-0.05, 0) is 24.6 Å². The van der Waals surface area contributed by atoms with Gasteiger partial charge in [0.25, 0.3) is 0 Å². The van der Waals surface area contributed by atoms with Crippen molar-refractivity contribution in [2.45, 2.75) is 19.8 Å². The summed E-state index contributed by atoms with van der Waals surface area (Å²) in [5.74, 6) is 0.0901. The standard InChI is InChI=1S/C11H15BrN2O2S2/c1-2-3-6-18(15,16)14-10-7-8(12)4-5-9(10)11(13)17/h4-5,7,14H,2-3,6H2,1H3,(H2,13,17). The van der Waals surface area contributed by atoms with E-state index in [1.54, 1.807) is 18.2 Å². The van der Waals surface area contributed by atoms with Gasteiger partial charge in [-0.2, -0.15) is 0 Å². The van der Waals surface area contributed by atoms with Crippen LogP contribution in [-0.2, 0) is 10.0 Å². The summed E-state index contributed by atoms with van der Waals surface area (Å²) in [6.45, 7) is 1.94. The van der Waals surface area contributed by atoms with E-state index >= 15 is 0 Å². The molecule has 0 aliphatic carbocycles. The molecule has 0 unspecified atom stereocenters. The quantitative estimate of drug-likeness (QED) is 0.773. The zero-order chi connectivity index (χ0) is 13.8. The summed E-state index contributed by atoms with van der Waals surface area (Å²) >= 11 is 8.18. The van der Waals surface area contributed by atoms with Crippen LogP contribution in [0.5, 0.6) is 0 Å². The molecule has 0 saturated carbocycles. The molecule has 4 nitrogen and oxygen atoms in total. The number of nitrogens with two attached hydrogens (primary N) is 1. The number of unbranched alkanes of at least 4 members (excludes halogenated alkanes) is 1. The Hall–Kier alpha value is -0.660. The first-order chi connectivity index (χ1) is 8.35. The Morgan fingerprint density at radius 3 is 2.72 bits per heavy atom. The Kier molecular flexibility index (Phi) is 5.55. The summed E-state index contributed by atoms with van der Waals surface area (Å²) in [5.41, 5.74) is 6.50. The minimum atomic E-state index is -3.36. The molecular weight excluding hydrogens is 336 g/mol. The highest BCUT2D eigenvalue weighted by Crippen LogP contribution is 2.22. The second-order valence-corrected chi connectivity index (χ2v) is 7.03. The maximum atomic E-state index is 11.8. The van der Waals surface area contributed by atoms with Crippen LogP contribution in [0.1, 0.15) is 25.3 Å². The number of thiocarbonyl (C=S) groups is 1. The van der Waals surface area contributed by atoms with Crippen molar-refractivity contribution in [1.82, 2.24) is 0 Å². The number of sulfonamides is 1. The van der Waals surface area contributed by atoms with Crippen molar-refractivity contribution >= 4 is 48.8 Å². The van der Waals surface area contributed by atoms with E-state index in [9.17, 15) is 8.42 Å². The molecule has 7 heteroatoms. The molecule has 0 atom stereocenters. The van der Waals surface area contributed by atoms with Gasteiger partial charge in [0.05, 0.1) is 11.4 Å². The van der Waals surface area contributed by atoms with Crippen molar-refractivity contribution < 1.29 is 8.42 Å². The number of hydrogen-bond donors (Lipinski definition) is 2. The van der Waals surface area contributed by atoms with Gasteiger partial charge in [0, 0.05) is 10.0 Å². The summed E-state index contributed by atoms with van der Waals surface area (Å²) in [7, 11) is -3.36. The van der Waals surface area contributed by atoms with Crippen LogP contribution >= 0.6 is 28.1 Å². The summed E-state index contributed by atoms with van der Waals surface area (Å²) in [6.07, 6.45) is 1.44. The molecular formula is C11H15BrN2O2S2. The summed E-state index contributed by atoms with van der Waals surface area (Å²) in [6, 6.07) is 5.10. The smallest absolute Gasteiger partial charge is 0.232 e. The third-order valence-corrected chi connectivity index (χ3v) is 4.35. The highest BCUT2D eigenvalue weighted by atomic mass is 79.9. The fourth-order valence-corrected chi connectivity index (χ4v) is 3.18. The normalized spacial score (nSPS) is 11.2. The number of anilines is 1. The minimum absolute atomic E-state index is 0.0901. The lowest BCUT2D eigenvalue weighted by Crippen LogP contribution is -2.20. The van der Waals surface area contributed by atoms with Crippen molar-refractivity contribution in [3.05, 3.63) is 28.2 Å². The maximum absolute atomic E-state index is 11.8. The Bertz CT molecular complexity index is 544. The molecule has 0 heterocycles. The number of benzene rings is 1. The molecule has 0 bridgehead atoms. The molecule has 0 aliphatic heterocycles. The molecule has 18 heavy (non-hydrogen) atoms. The van der Waals surface area contributed by atoms with Crippen LogP contribution in [0.15, 0.2) is 22.7 Å². The zero-order valence-corrected chi connectivity index (χ0v) is 13.2. The third kappa shape index (κ3) is 4.55. The summed E-state index contributed by atoms with van der Waals surface area (Å²) in [5, 5.41) is 0. The van der Waals surface area contributed by atoms with Crippen LogP contribution in [-0.4, -0.2) is 19.2 Å². The average molecular weight is 351 g/mol. The van der Waals surface area contributed by atoms with E-state index in [1.165, 1.54) is 0 Å². The molecule has 0 aliphatic rings. The number of hydrogen-bond acceptors (Lipinski definition) is 3. The van der Waals surface area contributed by atoms with Crippen molar-refractivity contribution in [3.8, 4) is 0 Å². The van der Waals surface area contributed by atoms with Gasteiger partial charge >= 0.3 is 0 Å². The molecule has 1 rings (SSSR count). The Morgan fingerprint density at radius 1 is 1.50 bits per heavy atom. The van der Waals surface area contributed by atoms with Gasteiger partial charge in [-0.3, -0.25) is 4.72 Å². The number of halogens is 1. The fraction of sp³-hybridized carbons (Fsp3) is 0.364. The monoisotopic (exact) mass is 350 g/mol. The van der Waals surface area contributed by atoms with Crippen LogP contribution in [0.2, 0.25) is 0 Å². The van der Waals surface area contributed by atoms with Crippen LogP contribution in [0.4, 0.5) is 5.69 Å². The lowest BCUT2D eigenvalue weighted by Gasteiger charge is -2.12. The third-order valence-electron chi connectivity index (χ3n) is 2.28. The van der Waals surface area contributed by atoms with E-state index in [0.717, 1.165) is 10.9 Å². The van der Waals surface area contributed by atoms with Crippen molar-refractivity contribution in [2.75, 3.05) is 10.5 Å². The number of rotatable bonds is 6. The first-order valence-electron chi connectivity index (χ1n) is 5.45. The van der Waals surface area contributed by atoms with Crippen molar-refractivity contribution in [1.29, 1.82) is 0 Å². The molecule has 0 radical (unpaired) electrons. The van der Waals surface area contributed by atoms with Gasteiger partial charge in [0.1, 0.15) is 4.99 Å². The van der Waals surface area contributed by atoms with E-state index in [2.05, 4.69) is 20.7 Å². The first kappa shape index (κ1) is 15.4. The van der Waals surface area contributed by atoms with Gasteiger partial charge < -0.3 is 5.73 Å². The van der Waals surface area contributed by atoms with Crippen LogP contribution < -0.4 is 10.5 Å². The topological polar surface area (TPSA) is 72.2 Å². The molecule has 1 aromatic rings. The zero-order valence-electron chi connectivity index (χ0n) is 9.94. The van der Waals surface area contributed by atoms with Gasteiger partial charge in [-0.25, -0.2) is 8.42 Å². The summed E-state index contributed by atoms with van der Waals surface area (Å²) in [4.78, 5) is 0.163. The van der Waals surface area contributed by atoms with Gasteiger partial charge in [-0.15, -0.1) is 0 Å². The molecule has 0 amide bonds. The Labute approximate surface area is 121 Å². The van der Waals surface area contributed by atoms with Crippen LogP contribution in [0.25, 0.3) is 0 Å². The first-order valence-corrected chi connectivity index (χ1v) is 8.31. The van der Waals surface area contributed by atoms with E-state index in [0.29, 0.717) is 17.7 Å². The Balaban J connectivity index is 3.02. The van der Waals surface area contributed by atoms with Gasteiger partial charge in [-0.1, -0.05) is 41.5 Å². The molecule has 1 aromatic carbocycles. The second-order valence-electron chi connectivity index (χ2n) is 3.83. The predicted octanol–water partition coefficient (Wildman–Crippen LogP) is 2.63. The second kappa shape index (κ2) is 6.49. The largest absolute Gasteiger partial charge is 0.389 e. The van der Waals surface area contributed by atoms with Crippen molar-refractivity contribution in [3.63, 3.8) is 0 Å². The highest BCUT2D eigenvalue weighted by molar-refractivity contribution is 9.10. The molecule has 100 valence electrons. The lowest BCUT2D eigenvalue weighted by atomic mass is 10.2. The highest BCUT2D eigenvalue weighted by Gasteiger charge is 2.13. The fourth-order valence-electron chi connectivity index (χ4n) is 1.37. The molecule has 0 spiro atoms. The van der Waals surface area contributed by atoms with Gasteiger partial charge in [0.15, 0.2) is 0 Å². The SMILES string of the molecule is CCCCS(=O)(=O)Nc1cc(Br)ccc1C(N)=S. The lowest BCUT2D eigenvalue weighted by molar-refractivity contribution is 0.598. The maximum Gasteiger partial charge on any atom is 0.232 e. The van der Waals surface area contributed by atoms with E-state index < -0.39 is 10.0 Å². The molecule has 3 N–H and O–H groups in total. The average Bonchev–Trinajstić information content (AvgIpc) is 2.25. The number of nitrogens with one attached hydrogen (secondary N) is 1. The van der Waals surface area contributed by atoms with Crippen molar-refractivity contribution in [2.24, 2.45) is 5.73 Å². The van der Waals surface area contributed by atoms with E-state index in [4.69, 9.17) is 18.0 Å². The van der Waals surface area contributed by atoms with Crippen LogP contribution in [0.3, 0.4) is 0 Å². The van der Waals surface area contributed by atoms with E-state index in [-0.39, 0.29) is 10.7 Å². The van der Waals surface area contributed by atoms with Gasteiger partial charge in [0.2, 0.25) is 10.0 Å². The molecule has 0 fully saturated rings. The predicted molar refractivity (Wildman–Crippen MR) is 82.3 cm³/mol. The molecule has 0 saturated heterocycles.